The lowest BCUT2D eigenvalue weighted by Gasteiger charge is -2.33. The number of urea groups is 1. The number of piperidine rings is 1. The molecule has 2 rings (SSSR count). The Morgan fingerprint density at radius 2 is 1.82 bits per heavy atom. The molecular formula is C13H24N2O2. The van der Waals surface area contributed by atoms with Gasteiger partial charge >= 0.3 is 6.03 Å². The van der Waals surface area contributed by atoms with Crippen molar-refractivity contribution in [1.82, 2.24) is 9.80 Å². The Morgan fingerprint density at radius 3 is 2.47 bits per heavy atom. The van der Waals surface area contributed by atoms with Crippen LogP contribution >= 0.6 is 0 Å². The van der Waals surface area contributed by atoms with Crippen LogP contribution in [0.15, 0.2) is 0 Å². The zero-order valence-electron chi connectivity index (χ0n) is 11.0. The molecule has 0 spiro atoms. The summed E-state index contributed by atoms with van der Waals surface area (Å²) in [6.07, 6.45) is 3.39. The first-order chi connectivity index (χ1) is 8.20. The van der Waals surface area contributed by atoms with Crippen molar-refractivity contribution < 1.29 is 9.53 Å². The van der Waals surface area contributed by atoms with Gasteiger partial charge in [-0.15, -0.1) is 0 Å². The van der Waals surface area contributed by atoms with E-state index in [4.69, 9.17) is 4.74 Å². The van der Waals surface area contributed by atoms with Crippen LogP contribution < -0.4 is 0 Å². The molecule has 4 nitrogen and oxygen atoms in total. The van der Waals surface area contributed by atoms with Gasteiger partial charge in [-0.05, 0) is 25.2 Å². The summed E-state index contributed by atoms with van der Waals surface area (Å²) < 4.78 is 5.16. The highest BCUT2D eigenvalue weighted by Gasteiger charge is 2.30. The topological polar surface area (TPSA) is 32.8 Å². The lowest BCUT2D eigenvalue weighted by atomic mass is 10.00. The van der Waals surface area contributed by atoms with Gasteiger partial charge in [-0.2, -0.15) is 0 Å². The Bertz CT molecular complexity index is 262. The van der Waals surface area contributed by atoms with Gasteiger partial charge in [0.05, 0.1) is 6.61 Å². The van der Waals surface area contributed by atoms with Crippen LogP contribution in [0.2, 0.25) is 0 Å². The van der Waals surface area contributed by atoms with Crippen molar-refractivity contribution in [3.63, 3.8) is 0 Å². The molecule has 0 aliphatic carbocycles. The number of amides is 2. The third-order valence-corrected chi connectivity index (χ3v) is 4.01. The van der Waals surface area contributed by atoms with Crippen LogP contribution in [0.25, 0.3) is 0 Å². The maximum atomic E-state index is 12.3. The summed E-state index contributed by atoms with van der Waals surface area (Å²) in [5.74, 6) is 1.31. The fourth-order valence-electron chi connectivity index (χ4n) is 2.78. The maximum Gasteiger partial charge on any atom is 0.320 e. The van der Waals surface area contributed by atoms with Gasteiger partial charge in [-0.25, -0.2) is 4.79 Å². The molecule has 0 aromatic carbocycles. The van der Waals surface area contributed by atoms with Gasteiger partial charge in [0.25, 0.3) is 0 Å². The Labute approximate surface area is 104 Å². The Kier molecular flexibility index (Phi) is 4.26. The summed E-state index contributed by atoms with van der Waals surface area (Å²) in [6.45, 7) is 6.70. The third-order valence-electron chi connectivity index (χ3n) is 4.01. The predicted octanol–water partition coefficient (Wildman–Crippen LogP) is 1.81. The highest BCUT2D eigenvalue weighted by atomic mass is 16.5. The van der Waals surface area contributed by atoms with Crippen molar-refractivity contribution in [1.29, 1.82) is 0 Å². The number of likely N-dealkylation sites (tertiary alicyclic amines) is 2. The van der Waals surface area contributed by atoms with E-state index in [-0.39, 0.29) is 6.03 Å². The first-order valence-electron chi connectivity index (χ1n) is 6.73. The van der Waals surface area contributed by atoms with Crippen LogP contribution in [-0.4, -0.2) is 55.7 Å². The summed E-state index contributed by atoms with van der Waals surface area (Å²) in [6, 6.07) is 0.246. The molecule has 0 saturated carbocycles. The van der Waals surface area contributed by atoms with Gasteiger partial charge in [-0.3, -0.25) is 0 Å². The van der Waals surface area contributed by atoms with Crippen LogP contribution in [0.3, 0.4) is 0 Å². The van der Waals surface area contributed by atoms with Gasteiger partial charge < -0.3 is 14.5 Å². The number of hydrogen-bond donors (Lipinski definition) is 0. The number of carbonyl (C=O) groups excluding carboxylic acids is 1. The first-order valence-corrected chi connectivity index (χ1v) is 6.73. The fraction of sp³-hybridized carbons (Fsp3) is 0.923. The molecule has 17 heavy (non-hydrogen) atoms. The smallest absolute Gasteiger partial charge is 0.320 e. The Morgan fingerprint density at radius 1 is 1.18 bits per heavy atom. The molecule has 2 aliphatic rings. The van der Waals surface area contributed by atoms with Gasteiger partial charge in [0.2, 0.25) is 0 Å². The van der Waals surface area contributed by atoms with E-state index in [1.54, 1.807) is 7.11 Å². The Balaban J connectivity index is 1.80. The standard InChI is InChI=1S/C13H24N2O2/c1-11-3-6-14(7-4-11)13(16)15-8-5-12(9-15)10-17-2/h11-12H,3-10H2,1-2H3. The highest BCUT2D eigenvalue weighted by Crippen LogP contribution is 2.21. The molecule has 0 radical (unpaired) electrons. The van der Waals surface area contributed by atoms with Gasteiger partial charge in [0, 0.05) is 39.2 Å². The van der Waals surface area contributed by atoms with Crippen LogP contribution in [0.5, 0.6) is 0 Å². The van der Waals surface area contributed by atoms with Crippen molar-refractivity contribution in [2.75, 3.05) is 39.9 Å². The number of hydrogen-bond acceptors (Lipinski definition) is 2. The van der Waals surface area contributed by atoms with E-state index >= 15 is 0 Å². The van der Waals surface area contributed by atoms with E-state index in [1.165, 1.54) is 0 Å². The van der Waals surface area contributed by atoms with E-state index in [0.29, 0.717) is 5.92 Å². The predicted molar refractivity (Wildman–Crippen MR) is 66.9 cm³/mol. The normalized spacial score (nSPS) is 26.6. The minimum atomic E-state index is 0.246. The lowest BCUT2D eigenvalue weighted by molar-refractivity contribution is 0.132. The minimum absolute atomic E-state index is 0.246. The van der Waals surface area contributed by atoms with E-state index in [1.807, 2.05) is 9.80 Å². The quantitative estimate of drug-likeness (QED) is 0.737. The number of nitrogens with zero attached hydrogens (tertiary/aromatic N) is 2. The summed E-state index contributed by atoms with van der Waals surface area (Å²) in [4.78, 5) is 16.3. The number of rotatable bonds is 2. The molecule has 2 saturated heterocycles. The molecule has 0 aromatic heterocycles. The first kappa shape index (κ1) is 12.7. The average Bonchev–Trinajstić information content (AvgIpc) is 2.78. The van der Waals surface area contributed by atoms with Crippen molar-refractivity contribution in [2.24, 2.45) is 11.8 Å². The van der Waals surface area contributed by atoms with Crippen molar-refractivity contribution in [3.8, 4) is 0 Å². The summed E-state index contributed by atoms with van der Waals surface area (Å²) in [5, 5.41) is 0. The minimum Gasteiger partial charge on any atom is -0.384 e. The summed E-state index contributed by atoms with van der Waals surface area (Å²) in [7, 11) is 1.73. The average molecular weight is 240 g/mol. The van der Waals surface area contributed by atoms with E-state index in [9.17, 15) is 4.79 Å². The second-order valence-corrected chi connectivity index (χ2v) is 5.51. The lowest BCUT2D eigenvalue weighted by Crippen LogP contribution is -2.45. The molecule has 98 valence electrons. The zero-order valence-corrected chi connectivity index (χ0v) is 11.0. The second kappa shape index (κ2) is 5.71. The molecular weight excluding hydrogens is 216 g/mol. The number of ether oxygens (including phenoxy) is 1. The van der Waals surface area contributed by atoms with Crippen molar-refractivity contribution >= 4 is 6.03 Å². The van der Waals surface area contributed by atoms with Gasteiger partial charge in [0.15, 0.2) is 0 Å². The van der Waals surface area contributed by atoms with Gasteiger partial charge in [0.1, 0.15) is 0 Å². The summed E-state index contributed by atoms with van der Waals surface area (Å²) in [5.41, 5.74) is 0. The van der Waals surface area contributed by atoms with Crippen molar-refractivity contribution in [3.05, 3.63) is 0 Å². The fourth-order valence-corrected chi connectivity index (χ4v) is 2.78. The third kappa shape index (κ3) is 3.12. The molecule has 2 heterocycles. The molecule has 2 aliphatic heterocycles. The Hall–Kier alpha value is -0.770. The van der Waals surface area contributed by atoms with E-state index in [0.717, 1.165) is 58.0 Å². The van der Waals surface area contributed by atoms with Crippen molar-refractivity contribution in [2.45, 2.75) is 26.2 Å². The molecule has 1 unspecified atom stereocenters. The van der Waals surface area contributed by atoms with Crippen LogP contribution in [0, 0.1) is 11.8 Å². The monoisotopic (exact) mass is 240 g/mol. The zero-order chi connectivity index (χ0) is 12.3. The second-order valence-electron chi connectivity index (χ2n) is 5.51. The SMILES string of the molecule is COCC1CCN(C(=O)N2CCC(C)CC2)C1. The number of methoxy groups -OCH3 is 1. The number of carbonyl (C=O) groups is 1. The largest absolute Gasteiger partial charge is 0.384 e. The molecule has 1 atom stereocenters. The molecule has 0 aromatic rings. The summed E-state index contributed by atoms with van der Waals surface area (Å²) >= 11 is 0. The molecule has 0 N–H and O–H groups in total. The van der Waals surface area contributed by atoms with E-state index in [2.05, 4.69) is 6.92 Å². The molecule has 2 amide bonds. The van der Waals surface area contributed by atoms with Gasteiger partial charge in [-0.1, -0.05) is 6.92 Å². The molecule has 4 heteroatoms. The van der Waals surface area contributed by atoms with Crippen LogP contribution in [0.1, 0.15) is 26.2 Å². The molecule has 0 bridgehead atoms. The highest BCUT2D eigenvalue weighted by molar-refractivity contribution is 5.74. The van der Waals surface area contributed by atoms with E-state index < -0.39 is 0 Å². The molecule has 2 fully saturated rings. The van der Waals surface area contributed by atoms with Crippen LogP contribution in [-0.2, 0) is 4.74 Å². The van der Waals surface area contributed by atoms with Crippen LogP contribution in [0.4, 0.5) is 4.79 Å². The maximum absolute atomic E-state index is 12.3.